The summed E-state index contributed by atoms with van der Waals surface area (Å²) in [6.45, 7) is -0.812. The van der Waals surface area contributed by atoms with E-state index in [9.17, 15) is 24.0 Å². The summed E-state index contributed by atoms with van der Waals surface area (Å²) in [7, 11) is 0. The summed E-state index contributed by atoms with van der Waals surface area (Å²) in [6.07, 6.45) is 0.254. The molecule has 0 aromatic heterocycles. The zero-order chi connectivity index (χ0) is 27.5. The fourth-order valence-corrected chi connectivity index (χ4v) is 3.43. The number of halogens is 2. The van der Waals surface area contributed by atoms with Gasteiger partial charge in [0, 0.05) is 39.7 Å². The van der Waals surface area contributed by atoms with E-state index in [1.807, 2.05) is 0 Å². The van der Waals surface area contributed by atoms with E-state index in [1.54, 1.807) is 48.5 Å². The molecule has 0 aliphatic heterocycles. The number of Topliss-reactive ketones (excluding diaryl/α,β-unsaturated/α-hetero) is 2. The highest BCUT2D eigenvalue weighted by atomic mass is 35.5. The number of ketones is 2. The summed E-state index contributed by atoms with van der Waals surface area (Å²) in [5, 5.41) is 3.65. The van der Waals surface area contributed by atoms with Crippen LogP contribution >= 0.6 is 23.2 Å². The van der Waals surface area contributed by atoms with E-state index in [0.29, 0.717) is 26.9 Å². The molecular formula is C28H23Cl2NO7. The molecule has 196 valence electrons. The molecule has 0 saturated heterocycles. The zero-order valence-corrected chi connectivity index (χ0v) is 21.6. The normalized spacial score (nSPS) is 10.4. The second kappa shape index (κ2) is 14.1. The fourth-order valence-electron chi connectivity index (χ4n) is 3.18. The Balaban J connectivity index is 1.34. The lowest BCUT2D eigenvalue weighted by Crippen LogP contribution is -2.16. The molecule has 8 nitrogen and oxygen atoms in total. The minimum atomic E-state index is -0.682. The molecule has 0 aliphatic rings. The van der Waals surface area contributed by atoms with Gasteiger partial charge < -0.3 is 14.8 Å². The number of nitrogens with one attached hydrogen (secondary N) is 1. The van der Waals surface area contributed by atoms with Crippen molar-refractivity contribution in [2.75, 3.05) is 18.5 Å². The number of amides is 1. The lowest BCUT2D eigenvalue weighted by molar-refractivity contribution is -0.142. The van der Waals surface area contributed by atoms with Gasteiger partial charge >= 0.3 is 11.9 Å². The van der Waals surface area contributed by atoms with E-state index in [2.05, 4.69) is 5.32 Å². The Labute approximate surface area is 228 Å². The molecule has 0 unspecified atom stereocenters. The largest absolute Gasteiger partial charge is 0.457 e. The average Bonchev–Trinajstić information content (AvgIpc) is 2.91. The van der Waals surface area contributed by atoms with Crippen molar-refractivity contribution in [2.24, 2.45) is 0 Å². The molecule has 0 spiro atoms. The van der Waals surface area contributed by atoms with Crippen LogP contribution in [0.3, 0.4) is 0 Å². The Bertz CT molecular complexity index is 1300. The average molecular weight is 556 g/mol. The second-order valence-electron chi connectivity index (χ2n) is 8.08. The Morgan fingerprint density at radius 3 is 1.61 bits per heavy atom. The van der Waals surface area contributed by atoms with Crippen LogP contribution in [0.25, 0.3) is 0 Å². The van der Waals surface area contributed by atoms with Crippen molar-refractivity contribution in [2.45, 2.75) is 19.3 Å². The first-order valence-electron chi connectivity index (χ1n) is 11.5. The van der Waals surface area contributed by atoms with Gasteiger partial charge in [-0.1, -0.05) is 23.2 Å². The van der Waals surface area contributed by atoms with Crippen LogP contribution < -0.4 is 5.32 Å². The SMILES string of the molecule is O=C(CCCC(=O)OCC(=O)c1ccc(Cl)cc1)Nc1ccc(C(=O)OCC(=O)c2ccc(Cl)cc2)cc1. The number of hydrogen-bond acceptors (Lipinski definition) is 7. The van der Waals surface area contributed by atoms with Crippen molar-refractivity contribution in [3.05, 3.63) is 99.5 Å². The summed E-state index contributed by atoms with van der Waals surface area (Å²) >= 11 is 11.6. The molecule has 38 heavy (non-hydrogen) atoms. The second-order valence-corrected chi connectivity index (χ2v) is 8.95. The molecule has 1 N–H and O–H groups in total. The highest BCUT2D eigenvalue weighted by molar-refractivity contribution is 6.31. The fraction of sp³-hybridized carbons (Fsp3) is 0.179. The molecule has 10 heteroatoms. The van der Waals surface area contributed by atoms with E-state index in [-0.39, 0.29) is 42.3 Å². The van der Waals surface area contributed by atoms with E-state index in [0.717, 1.165) is 0 Å². The van der Waals surface area contributed by atoms with E-state index in [4.69, 9.17) is 32.7 Å². The van der Waals surface area contributed by atoms with Gasteiger partial charge in [-0.3, -0.25) is 19.2 Å². The molecule has 3 aromatic rings. The first-order valence-corrected chi connectivity index (χ1v) is 12.3. The van der Waals surface area contributed by atoms with Gasteiger partial charge in [-0.05, 0) is 79.2 Å². The number of hydrogen-bond donors (Lipinski definition) is 1. The topological polar surface area (TPSA) is 116 Å². The summed E-state index contributed by atoms with van der Waals surface area (Å²) < 4.78 is 10.0. The maximum absolute atomic E-state index is 12.2. The number of esters is 2. The van der Waals surface area contributed by atoms with Gasteiger partial charge in [-0.15, -0.1) is 0 Å². The van der Waals surface area contributed by atoms with Crippen molar-refractivity contribution in [1.29, 1.82) is 0 Å². The zero-order valence-electron chi connectivity index (χ0n) is 20.1. The first-order chi connectivity index (χ1) is 18.2. The van der Waals surface area contributed by atoms with Crippen LogP contribution in [-0.4, -0.2) is 42.6 Å². The van der Waals surface area contributed by atoms with E-state index >= 15 is 0 Å². The number of rotatable bonds is 12. The molecule has 0 bridgehead atoms. The van der Waals surface area contributed by atoms with Gasteiger partial charge in [0.15, 0.2) is 24.8 Å². The van der Waals surface area contributed by atoms with Crippen molar-refractivity contribution in [3.63, 3.8) is 0 Å². The van der Waals surface area contributed by atoms with Gasteiger partial charge in [-0.25, -0.2) is 4.79 Å². The minimum absolute atomic E-state index is 0.0269. The third-order valence-electron chi connectivity index (χ3n) is 5.22. The number of benzene rings is 3. The third kappa shape index (κ3) is 9.14. The molecule has 0 saturated carbocycles. The van der Waals surface area contributed by atoms with Crippen molar-refractivity contribution >= 4 is 58.3 Å². The molecule has 3 aromatic carbocycles. The van der Waals surface area contributed by atoms with Gasteiger partial charge in [-0.2, -0.15) is 0 Å². The Morgan fingerprint density at radius 2 is 1.08 bits per heavy atom. The van der Waals surface area contributed by atoms with Gasteiger partial charge in [0.1, 0.15) is 0 Å². The van der Waals surface area contributed by atoms with Crippen LogP contribution in [-0.2, 0) is 19.1 Å². The summed E-state index contributed by atoms with van der Waals surface area (Å²) in [5.74, 6) is -2.32. The standard InChI is InChI=1S/C28H23Cl2NO7/c29-21-10-4-18(5-11-21)24(32)16-37-27(35)3-1-2-26(34)31-23-14-8-20(9-15-23)28(36)38-17-25(33)19-6-12-22(30)13-7-19/h4-15H,1-3,16-17H2,(H,31,34). The molecule has 0 atom stereocenters. The molecule has 0 aliphatic carbocycles. The van der Waals surface area contributed by atoms with Crippen LogP contribution in [0, 0.1) is 0 Å². The molecule has 0 radical (unpaired) electrons. The van der Waals surface area contributed by atoms with Gasteiger partial charge in [0.05, 0.1) is 5.56 Å². The summed E-state index contributed by atoms with van der Waals surface area (Å²) in [4.78, 5) is 60.4. The van der Waals surface area contributed by atoms with Crippen LogP contribution in [0.4, 0.5) is 5.69 Å². The van der Waals surface area contributed by atoms with E-state index < -0.39 is 25.2 Å². The predicted octanol–water partition coefficient (Wildman–Crippen LogP) is 5.57. The third-order valence-corrected chi connectivity index (χ3v) is 5.72. The predicted molar refractivity (Wildman–Crippen MR) is 142 cm³/mol. The Hall–Kier alpha value is -4.01. The molecular weight excluding hydrogens is 533 g/mol. The van der Waals surface area contributed by atoms with Crippen molar-refractivity contribution < 1.29 is 33.4 Å². The Kier molecular flexibility index (Phi) is 10.6. The van der Waals surface area contributed by atoms with Crippen molar-refractivity contribution in [1.82, 2.24) is 0 Å². The highest BCUT2D eigenvalue weighted by Crippen LogP contribution is 2.14. The van der Waals surface area contributed by atoms with Crippen LogP contribution in [0.2, 0.25) is 10.0 Å². The summed E-state index contributed by atoms with van der Waals surface area (Å²) in [6, 6.07) is 18.4. The molecule has 0 heterocycles. The molecule has 1 amide bonds. The highest BCUT2D eigenvalue weighted by Gasteiger charge is 2.13. The first kappa shape index (κ1) is 28.6. The van der Waals surface area contributed by atoms with Crippen LogP contribution in [0.1, 0.15) is 50.3 Å². The van der Waals surface area contributed by atoms with Gasteiger partial charge in [0.2, 0.25) is 5.91 Å². The van der Waals surface area contributed by atoms with Crippen LogP contribution in [0.5, 0.6) is 0 Å². The number of carbonyl (C=O) groups excluding carboxylic acids is 5. The van der Waals surface area contributed by atoms with Crippen LogP contribution in [0.15, 0.2) is 72.8 Å². The summed E-state index contributed by atoms with van der Waals surface area (Å²) in [5.41, 5.74) is 1.41. The maximum Gasteiger partial charge on any atom is 0.338 e. The maximum atomic E-state index is 12.2. The number of anilines is 1. The van der Waals surface area contributed by atoms with E-state index in [1.165, 1.54) is 24.3 Å². The van der Waals surface area contributed by atoms with Gasteiger partial charge in [0.25, 0.3) is 0 Å². The molecule has 0 fully saturated rings. The molecule has 3 rings (SSSR count). The van der Waals surface area contributed by atoms with Crippen molar-refractivity contribution in [3.8, 4) is 0 Å². The minimum Gasteiger partial charge on any atom is -0.457 e. The lowest BCUT2D eigenvalue weighted by atomic mass is 10.1. The Morgan fingerprint density at radius 1 is 0.605 bits per heavy atom. The quantitative estimate of drug-likeness (QED) is 0.229. The monoisotopic (exact) mass is 555 g/mol. The number of ether oxygens (including phenoxy) is 2. The lowest BCUT2D eigenvalue weighted by Gasteiger charge is -2.08. The number of carbonyl (C=O) groups is 5. The smallest absolute Gasteiger partial charge is 0.338 e.